The van der Waals surface area contributed by atoms with Gasteiger partial charge in [0.25, 0.3) is 0 Å². The maximum absolute atomic E-state index is 13.0. The fourth-order valence-electron chi connectivity index (χ4n) is 5.46. The third-order valence-corrected chi connectivity index (χ3v) is 8.47. The lowest BCUT2D eigenvalue weighted by molar-refractivity contribution is 0.0976. The summed E-state index contributed by atoms with van der Waals surface area (Å²) in [5.74, 6) is 0.0637. The van der Waals surface area contributed by atoms with Crippen molar-refractivity contribution in [1.82, 2.24) is 4.90 Å². The summed E-state index contributed by atoms with van der Waals surface area (Å²) < 4.78 is 7.02. The SMILES string of the molecule is Cc1c(I)cc(CN=[N+]=[N-])c(C)c1N1CCN(C(=O)OCC2c3ccccc3-c3ccccc32)CC1. The molecule has 1 heterocycles. The van der Waals surface area contributed by atoms with Crippen molar-refractivity contribution in [3.63, 3.8) is 0 Å². The molecule has 3 aromatic carbocycles. The molecule has 0 saturated carbocycles. The van der Waals surface area contributed by atoms with Crippen LogP contribution in [0.5, 0.6) is 0 Å². The van der Waals surface area contributed by atoms with Crippen molar-refractivity contribution in [3.05, 3.63) is 96.4 Å². The average molecular weight is 593 g/mol. The molecule has 0 N–H and O–H groups in total. The number of benzene rings is 3. The molecular formula is C28H28IN5O2. The second kappa shape index (κ2) is 10.4. The summed E-state index contributed by atoms with van der Waals surface area (Å²) in [7, 11) is 0. The van der Waals surface area contributed by atoms with Gasteiger partial charge in [0.15, 0.2) is 0 Å². The number of halogens is 1. The van der Waals surface area contributed by atoms with Gasteiger partial charge in [0.2, 0.25) is 0 Å². The zero-order chi connectivity index (χ0) is 25.2. The summed E-state index contributed by atoms with van der Waals surface area (Å²) in [6.07, 6.45) is -0.253. The lowest BCUT2D eigenvalue weighted by Crippen LogP contribution is -2.49. The van der Waals surface area contributed by atoms with Crippen LogP contribution in [0.4, 0.5) is 10.5 Å². The van der Waals surface area contributed by atoms with E-state index < -0.39 is 0 Å². The van der Waals surface area contributed by atoms with Crippen molar-refractivity contribution in [2.24, 2.45) is 5.11 Å². The molecule has 0 radical (unpaired) electrons. The molecule has 8 heteroatoms. The van der Waals surface area contributed by atoms with Crippen molar-refractivity contribution < 1.29 is 9.53 Å². The largest absolute Gasteiger partial charge is 0.448 e. The van der Waals surface area contributed by atoms with Crippen LogP contribution in [0.25, 0.3) is 21.6 Å². The molecule has 0 atom stereocenters. The van der Waals surface area contributed by atoms with E-state index in [-0.39, 0.29) is 12.0 Å². The number of amides is 1. The number of nitrogens with zero attached hydrogens (tertiary/aromatic N) is 5. The van der Waals surface area contributed by atoms with Gasteiger partial charge in [-0.15, -0.1) is 0 Å². The van der Waals surface area contributed by atoms with Gasteiger partial charge in [-0.3, -0.25) is 0 Å². The Bertz CT molecular complexity index is 1310. The molecular weight excluding hydrogens is 565 g/mol. The van der Waals surface area contributed by atoms with Crippen molar-refractivity contribution in [3.8, 4) is 11.1 Å². The predicted octanol–water partition coefficient (Wildman–Crippen LogP) is 6.79. The van der Waals surface area contributed by atoms with Crippen molar-refractivity contribution >= 4 is 34.4 Å². The summed E-state index contributed by atoms with van der Waals surface area (Å²) in [6.45, 7) is 7.55. The van der Waals surface area contributed by atoms with Gasteiger partial charge in [-0.1, -0.05) is 53.6 Å². The maximum atomic E-state index is 13.0. The van der Waals surface area contributed by atoms with E-state index >= 15 is 0 Å². The van der Waals surface area contributed by atoms with E-state index in [4.69, 9.17) is 10.3 Å². The van der Waals surface area contributed by atoms with E-state index in [1.54, 1.807) is 0 Å². The van der Waals surface area contributed by atoms with Crippen molar-refractivity contribution in [2.45, 2.75) is 26.3 Å². The molecule has 0 bridgehead atoms. The highest BCUT2D eigenvalue weighted by Crippen LogP contribution is 2.44. The second-order valence-electron chi connectivity index (χ2n) is 9.28. The van der Waals surface area contributed by atoms with Crippen LogP contribution in [0.2, 0.25) is 0 Å². The quantitative estimate of drug-likeness (QED) is 0.141. The standard InChI is InChI=1S/C28H28IN5O2/c1-18-20(16-31-32-30)15-26(29)19(2)27(18)33-11-13-34(14-12-33)28(35)36-17-25-23-9-5-3-7-21(23)22-8-4-6-10-24(22)25/h3-10,15,25H,11-14,16-17H2,1-2H3. The lowest BCUT2D eigenvalue weighted by atomic mass is 9.98. The van der Waals surface area contributed by atoms with E-state index in [2.05, 4.69) is 93.8 Å². The Kier molecular flexibility index (Phi) is 7.07. The van der Waals surface area contributed by atoms with E-state index in [1.165, 1.54) is 33.5 Å². The van der Waals surface area contributed by atoms with Gasteiger partial charge >= 0.3 is 6.09 Å². The summed E-state index contributed by atoms with van der Waals surface area (Å²) in [5, 5.41) is 3.77. The Balaban J connectivity index is 1.25. The summed E-state index contributed by atoms with van der Waals surface area (Å²) in [6, 6.07) is 18.8. The molecule has 0 unspecified atom stereocenters. The smallest absolute Gasteiger partial charge is 0.409 e. The molecule has 1 aliphatic carbocycles. The van der Waals surface area contributed by atoms with E-state index in [0.717, 1.165) is 27.8 Å². The number of carbonyl (C=O) groups is 1. The lowest BCUT2D eigenvalue weighted by Gasteiger charge is -2.37. The summed E-state index contributed by atoms with van der Waals surface area (Å²) >= 11 is 2.34. The predicted molar refractivity (Wildman–Crippen MR) is 150 cm³/mol. The first kappa shape index (κ1) is 24.5. The molecule has 1 saturated heterocycles. The van der Waals surface area contributed by atoms with Crippen LogP contribution in [-0.2, 0) is 11.3 Å². The molecule has 7 nitrogen and oxygen atoms in total. The zero-order valence-electron chi connectivity index (χ0n) is 20.4. The third kappa shape index (κ3) is 4.51. The fourth-order valence-corrected chi connectivity index (χ4v) is 6.09. The van der Waals surface area contributed by atoms with E-state index in [0.29, 0.717) is 26.2 Å². The highest BCUT2D eigenvalue weighted by molar-refractivity contribution is 14.1. The number of carbonyl (C=O) groups excluding carboxylic acids is 1. The second-order valence-corrected chi connectivity index (χ2v) is 10.4. The number of fused-ring (bicyclic) bond motifs is 3. The molecule has 1 fully saturated rings. The van der Waals surface area contributed by atoms with Crippen LogP contribution in [0.15, 0.2) is 59.7 Å². The first-order valence-corrected chi connectivity index (χ1v) is 13.2. The van der Waals surface area contributed by atoms with Crippen LogP contribution >= 0.6 is 22.6 Å². The fraction of sp³-hybridized carbons (Fsp3) is 0.321. The van der Waals surface area contributed by atoms with Gasteiger partial charge in [0.1, 0.15) is 6.61 Å². The molecule has 0 spiro atoms. The molecule has 5 rings (SSSR count). The summed E-state index contributed by atoms with van der Waals surface area (Å²) in [4.78, 5) is 20.1. The molecule has 1 aliphatic heterocycles. The Morgan fingerprint density at radius 1 is 1.03 bits per heavy atom. The number of ether oxygens (including phenoxy) is 1. The minimum absolute atomic E-state index is 0.0637. The highest BCUT2D eigenvalue weighted by Gasteiger charge is 2.31. The maximum Gasteiger partial charge on any atom is 0.409 e. The highest BCUT2D eigenvalue weighted by atomic mass is 127. The average Bonchev–Trinajstić information content (AvgIpc) is 3.23. The normalized spacial score (nSPS) is 14.8. The van der Waals surface area contributed by atoms with Gasteiger partial charge in [-0.2, -0.15) is 0 Å². The van der Waals surface area contributed by atoms with Crippen molar-refractivity contribution in [2.75, 3.05) is 37.7 Å². The molecule has 3 aromatic rings. The minimum atomic E-state index is -0.253. The number of anilines is 1. The topological polar surface area (TPSA) is 81.5 Å². The zero-order valence-corrected chi connectivity index (χ0v) is 22.6. The summed E-state index contributed by atoms with van der Waals surface area (Å²) in [5.41, 5.74) is 18.2. The first-order valence-electron chi connectivity index (χ1n) is 12.1. The van der Waals surface area contributed by atoms with Gasteiger partial charge < -0.3 is 14.5 Å². The number of piperazine rings is 1. The number of azide groups is 1. The van der Waals surface area contributed by atoms with Gasteiger partial charge in [-0.25, -0.2) is 4.79 Å². The van der Waals surface area contributed by atoms with Crippen LogP contribution in [-0.4, -0.2) is 43.8 Å². The van der Waals surface area contributed by atoms with Crippen molar-refractivity contribution in [1.29, 1.82) is 0 Å². The monoisotopic (exact) mass is 593 g/mol. The Hall–Kier alpha value is -3.23. The minimum Gasteiger partial charge on any atom is -0.448 e. The van der Waals surface area contributed by atoms with Gasteiger partial charge in [-0.05, 0) is 87.0 Å². The van der Waals surface area contributed by atoms with Gasteiger partial charge in [0, 0.05) is 46.3 Å². The third-order valence-electron chi connectivity index (χ3n) is 7.35. The van der Waals surface area contributed by atoms with Crippen LogP contribution in [0.3, 0.4) is 0 Å². The van der Waals surface area contributed by atoms with Crippen LogP contribution < -0.4 is 4.90 Å². The molecule has 1 amide bonds. The Morgan fingerprint density at radius 2 is 1.64 bits per heavy atom. The Morgan fingerprint density at radius 3 is 2.25 bits per heavy atom. The van der Waals surface area contributed by atoms with Gasteiger partial charge in [0.05, 0.1) is 6.54 Å². The van der Waals surface area contributed by atoms with E-state index in [9.17, 15) is 4.79 Å². The molecule has 36 heavy (non-hydrogen) atoms. The number of hydrogen-bond acceptors (Lipinski definition) is 4. The van der Waals surface area contributed by atoms with Crippen LogP contribution in [0.1, 0.15) is 33.7 Å². The van der Waals surface area contributed by atoms with E-state index in [1.807, 2.05) is 17.0 Å². The Labute approximate surface area is 224 Å². The molecule has 0 aromatic heterocycles. The van der Waals surface area contributed by atoms with Crippen LogP contribution in [0, 0.1) is 17.4 Å². The molecule has 2 aliphatic rings. The number of rotatable bonds is 5. The first-order chi connectivity index (χ1) is 17.5. The molecule has 184 valence electrons. The number of hydrogen-bond donors (Lipinski definition) is 0.